The normalized spacial score (nSPS) is 19.1. The van der Waals surface area contributed by atoms with Crippen LogP contribution in [-0.2, 0) is 12.0 Å². The predicted octanol–water partition coefficient (Wildman–Crippen LogP) is 8.37. The molecule has 1 spiro atoms. The second kappa shape index (κ2) is 16.0. The number of ether oxygens (including phenoxy) is 2. The summed E-state index contributed by atoms with van der Waals surface area (Å²) in [6, 6.07) is 21.9. The number of carbonyl (C=O) groups is 1. The Labute approximate surface area is 349 Å². The number of rotatable bonds is 11. The third-order valence-corrected chi connectivity index (χ3v) is 13.9. The van der Waals surface area contributed by atoms with Crippen LogP contribution in [0.4, 0.5) is 17.1 Å². The first-order valence-electron chi connectivity index (χ1n) is 20.7. The van der Waals surface area contributed by atoms with Crippen molar-refractivity contribution in [1.29, 1.82) is 0 Å². The van der Waals surface area contributed by atoms with Crippen molar-refractivity contribution in [2.75, 3.05) is 63.1 Å². The van der Waals surface area contributed by atoms with Crippen LogP contribution in [0.5, 0.6) is 17.2 Å². The zero-order valence-corrected chi connectivity index (χ0v) is 34.8. The van der Waals surface area contributed by atoms with Gasteiger partial charge in [0.2, 0.25) is 0 Å². The topological polar surface area (TPSA) is 141 Å². The van der Waals surface area contributed by atoms with Gasteiger partial charge in [-0.05, 0) is 108 Å². The van der Waals surface area contributed by atoms with Crippen molar-refractivity contribution in [2.24, 2.45) is 5.41 Å². The second-order valence-corrected chi connectivity index (χ2v) is 18.1. The fourth-order valence-electron chi connectivity index (χ4n) is 9.46. The molecule has 0 radical (unpaired) electrons. The van der Waals surface area contributed by atoms with E-state index in [4.69, 9.17) is 9.47 Å². The van der Waals surface area contributed by atoms with Crippen molar-refractivity contribution in [3.63, 3.8) is 0 Å². The van der Waals surface area contributed by atoms with Crippen molar-refractivity contribution in [3.8, 4) is 17.2 Å². The van der Waals surface area contributed by atoms with Crippen LogP contribution in [0.2, 0.25) is 0 Å². The van der Waals surface area contributed by atoms with Gasteiger partial charge in [-0.1, -0.05) is 26.0 Å². The SMILES string of the molecule is CNc1ccc(SNC(=O)c2ccc(N3CCC4(CC3)CC(N3CCN(Cc5ccc6c(c5)OCCC6(C)C)CC3)C4)cc2Oc2cnc3[nH]ccc3c2)cc1[N+](=O)[O-]. The lowest BCUT2D eigenvalue weighted by Crippen LogP contribution is -2.59. The molecular weight excluding hydrogens is 765 g/mol. The molecule has 2 aromatic heterocycles. The lowest BCUT2D eigenvalue weighted by Gasteiger charge is -2.56. The van der Waals surface area contributed by atoms with Crippen molar-refractivity contribution in [2.45, 2.75) is 68.8 Å². The first kappa shape index (κ1) is 39.2. The highest BCUT2D eigenvalue weighted by Crippen LogP contribution is 2.52. The quantitative estimate of drug-likeness (QED) is 0.0673. The average molecular weight is 817 g/mol. The molecule has 0 bridgehead atoms. The van der Waals surface area contributed by atoms with E-state index in [-0.39, 0.29) is 17.0 Å². The summed E-state index contributed by atoms with van der Waals surface area (Å²) in [5.41, 5.74) is 5.69. The number of piperazine rings is 1. The number of aromatic nitrogens is 2. The molecule has 1 aliphatic carbocycles. The van der Waals surface area contributed by atoms with E-state index in [0.717, 1.165) is 106 Å². The average Bonchev–Trinajstić information content (AvgIpc) is 3.70. The molecule has 3 aliphatic heterocycles. The number of hydrogen-bond donors (Lipinski definition) is 3. The van der Waals surface area contributed by atoms with Crippen molar-refractivity contribution >= 4 is 46.0 Å². The molecule has 3 N–H and O–H groups in total. The van der Waals surface area contributed by atoms with E-state index in [2.05, 4.69) is 66.8 Å². The number of carbonyl (C=O) groups excluding carboxylic acids is 1. The molecule has 4 aliphatic rings. The smallest absolute Gasteiger partial charge is 0.293 e. The minimum Gasteiger partial charge on any atom is -0.493 e. The molecule has 3 aromatic carbocycles. The van der Waals surface area contributed by atoms with Crippen LogP contribution in [0.15, 0.2) is 84.0 Å². The van der Waals surface area contributed by atoms with Gasteiger partial charge in [0.25, 0.3) is 11.6 Å². The third kappa shape index (κ3) is 8.17. The van der Waals surface area contributed by atoms with Gasteiger partial charge in [-0.15, -0.1) is 0 Å². The Bertz CT molecular complexity index is 2360. The molecule has 0 unspecified atom stereocenters. The second-order valence-electron chi connectivity index (χ2n) is 17.3. The number of nitro groups is 1. The third-order valence-electron chi connectivity index (χ3n) is 13.1. The summed E-state index contributed by atoms with van der Waals surface area (Å²) in [7, 11) is 1.63. The molecule has 3 fully saturated rings. The molecule has 5 aromatic rings. The highest BCUT2D eigenvalue weighted by molar-refractivity contribution is 7.98. The molecule has 0 atom stereocenters. The summed E-state index contributed by atoms with van der Waals surface area (Å²) in [5, 5.41) is 15.3. The Morgan fingerprint density at radius 1 is 1.00 bits per heavy atom. The Morgan fingerprint density at radius 2 is 1.81 bits per heavy atom. The number of anilines is 2. The van der Waals surface area contributed by atoms with Crippen LogP contribution < -0.4 is 24.4 Å². The standard InChI is InChI=1S/C45H52N8O5S/c1-44(2)13-21-57-41-22-30(4-8-37(41)44)29-50-17-19-52(20-18-50)33-26-45(27-33)11-15-51(16-12-45)32-5-7-36(40(24-32)58-34-23-31-10-14-47-42(31)48-28-34)43(54)49-59-35-6-9-38(46-3)39(25-35)53(55)56/h4-10,14,22-25,28,33,46H,11-13,15-21,26-27,29H2,1-3H3,(H,47,48)(H,49,54). The number of nitro benzene ring substituents is 1. The van der Waals surface area contributed by atoms with Gasteiger partial charge in [0.05, 0.1) is 23.3 Å². The number of fused-ring (bicyclic) bond motifs is 2. The molecule has 14 heteroatoms. The minimum atomic E-state index is -0.445. The first-order valence-corrected chi connectivity index (χ1v) is 21.5. The molecule has 59 heavy (non-hydrogen) atoms. The van der Waals surface area contributed by atoms with E-state index in [1.165, 1.54) is 30.0 Å². The zero-order chi connectivity index (χ0) is 40.7. The fraction of sp³-hybridized carbons (Fsp3) is 0.422. The zero-order valence-electron chi connectivity index (χ0n) is 34.0. The molecule has 1 saturated carbocycles. The summed E-state index contributed by atoms with van der Waals surface area (Å²) >= 11 is 1.02. The van der Waals surface area contributed by atoms with Gasteiger partial charge >= 0.3 is 0 Å². The van der Waals surface area contributed by atoms with Crippen molar-refractivity contribution < 1.29 is 19.2 Å². The molecule has 308 valence electrons. The number of piperidine rings is 1. The molecule has 1 amide bonds. The number of amides is 1. The maximum Gasteiger partial charge on any atom is 0.293 e. The summed E-state index contributed by atoms with van der Waals surface area (Å²) in [6.45, 7) is 12.7. The highest BCUT2D eigenvalue weighted by Gasteiger charge is 2.48. The molecule has 9 rings (SSSR count). The van der Waals surface area contributed by atoms with E-state index >= 15 is 0 Å². The number of benzene rings is 3. The lowest BCUT2D eigenvalue weighted by atomic mass is 9.60. The highest BCUT2D eigenvalue weighted by atomic mass is 32.2. The van der Waals surface area contributed by atoms with Crippen LogP contribution in [-0.4, -0.2) is 89.6 Å². The Balaban J connectivity index is 0.814. The molecule has 5 heterocycles. The van der Waals surface area contributed by atoms with E-state index in [9.17, 15) is 14.9 Å². The van der Waals surface area contributed by atoms with Gasteiger partial charge in [0.15, 0.2) is 0 Å². The molecular formula is C45H52N8O5S. The fourth-order valence-corrected chi connectivity index (χ4v) is 10.1. The summed E-state index contributed by atoms with van der Waals surface area (Å²) in [5.74, 6) is 1.63. The van der Waals surface area contributed by atoms with Crippen molar-refractivity contribution in [1.82, 2.24) is 24.5 Å². The van der Waals surface area contributed by atoms with E-state index in [1.807, 2.05) is 30.5 Å². The van der Waals surface area contributed by atoms with Crippen molar-refractivity contribution in [3.05, 3.63) is 106 Å². The molecule has 2 saturated heterocycles. The van der Waals surface area contributed by atoms with Crippen LogP contribution >= 0.6 is 11.9 Å². The Kier molecular flexibility index (Phi) is 10.6. The van der Waals surface area contributed by atoms with Crippen LogP contribution in [0.25, 0.3) is 11.0 Å². The first-order chi connectivity index (χ1) is 28.5. The number of nitrogens with zero attached hydrogens (tertiary/aromatic N) is 5. The van der Waals surface area contributed by atoms with Gasteiger partial charge in [-0.25, -0.2) is 4.98 Å². The Hall–Kier alpha value is -5.31. The minimum absolute atomic E-state index is 0.0657. The van der Waals surface area contributed by atoms with Crippen LogP contribution in [0.1, 0.15) is 67.4 Å². The van der Waals surface area contributed by atoms with Crippen LogP contribution in [0, 0.1) is 15.5 Å². The summed E-state index contributed by atoms with van der Waals surface area (Å²) in [4.78, 5) is 40.7. The van der Waals surface area contributed by atoms with Gasteiger partial charge in [0, 0.05) is 93.2 Å². The largest absolute Gasteiger partial charge is 0.493 e. The number of nitrogens with one attached hydrogen (secondary N) is 3. The van der Waals surface area contributed by atoms with E-state index in [1.54, 1.807) is 31.4 Å². The maximum absolute atomic E-state index is 13.7. The summed E-state index contributed by atoms with van der Waals surface area (Å²) in [6.07, 6.45) is 9.34. The lowest BCUT2D eigenvalue weighted by molar-refractivity contribution is -0.384. The van der Waals surface area contributed by atoms with Gasteiger partial charge in [-0.3, -0.25) is 29.4 Å². The van der Waals surface area contributed by atoms with Gasteiger partial charge in [-0.2, -0.15) is 0 Å². The number of aromatic amines is 1. The van der Waals surface area contributed by atoms with E-state index in [0.29, 0.717) is 39.1 Å². The monoisotopic (exact) mass is 816 g/mol. The number of H-pyrrole nitrogens is 1. The number of pyridine rings is 1. The van der Waals surface area contributed by atoms with E-state index < -0.39 is 4.92 Å². The van der Waals surface area contributed by atoms with Gasteiger partial charge < -0.3 is 24.7 Å². The van der Waals surface area contributed by atoms with Crippen LogP contribution in [0.3, 0.4) is 0 Å². The van der Waals surface area contributed by atoms with Gasteiger partial charge in [0.1, 0.15) is 28.6 Å². The number of hydrogen-bond acceptors (Lipinski definition) is 11. The predicted molar refractivity (Wildman–Crippen MR) is 232 cm³/mol. The Morgan fingerprint density at radius 3 is 2.59 bits per heavy atom. The maximum atomic E-state index is 13.7. The summed E-state index contributed by atoms with van der Waals surface area (Å²) < 4.78 is 15.3. The molecule has 13 nitrogen and oxygen atoms in total.